The van der Waals surface area contributed by atoms with E-state index in [0.717, 1.165) is 56.8 Å². The second kappa shape index (κ2) is 7.37. The molecule has 6 heteroatoms. The van der Waals surface area contributed by atoms with Crippen molar-refractivity contribution < 1.29 is 13.9 Å². The number of benzene rings is 1. The van der Waals surface area contributed by atoms with Crippen LogP contribution in [0.4, 0.5) is 0 Å². The number of hydrogen-bond acceptors (Lipinski definition) is 5. The molecule has 2 fully saturated rings. The van der Waals surface area contributed by atoms with Crippen LogP contribution in [-0.2, 0) is 16.1 Å². The van der Waals surface area contributed by atoms with Gasteiger partial charge in [0.1, 0.15) is 12.4 Å². The fraction of sp³-hybridized carbons (Fsp3) is 0.474. The van der Waals surface area contributed by atoms with Crippen molar-refractivity contribution in [2.24, 2.45) is 0 Å². The maximum atomic E-state index is 12.4. The van der Waals surface area contributed by atoms with E-state index in [-0.39, 0.29) is 12.0 Å². The fourth-order valence-electron chi connectivity index (χ4n) is 3.42. The van der Waals surface area contributed by atoms with E-state index in [1.54, 1.807) is 6.26 Å². The first-order chi connectivity index (χ1) is 12.3. The Labute approximate surface area is 147 Å². The standard InChI is InChI=1S/C19H23N3O3/c23-19(17-7-4-12-24-17)22-10-8-21(9-11-22)13-16-14-25-18(20-16)15-5-2-1-3-6-15/h1-3,5-6,14,17H,4,7-13H2. The van der Waals surface area contributed by atoms with Gasteiger partial charge in [0.2, 0.25) is 5.89 Å². The van der Waals surface area contributed by atoms with Crippen molar-refractivity contribution >= 4 is 5.91 Å². The summed E-state index contributed by atoms with van der Waals surface area (Å²) >= 11 is 0. The molecular weight excluding hydrogens is 318 g/mol. The number of amides is 1. The fourth-order valence-corrected chi connectivity index (χ4v) is 3.42. The Morgan fingerprint density at radius 1 is 1.16 bits per heavy atom. The minimum absolute atomic E-state index is 0.157. The summed E-state index contributed by atoms with van der Waals surface area (Å²) in [6.45, 7) is 4.67. The quantitative estimate of drug-likeness (QED) is 0.853. The second-order valence-corrected chi connectivity index (χ2v) is 6.61. The van der Waals surface area contributed by atoms with Crippen LogP contribution in [0.3, 0.4) is 0 Å². The molecule has 0 N–H and O–H groups in total. The average molecular weight is 341 g/mol. The highest BCUT2D eigenvalue weighted by atomic mass is 16.5. The molecule has 0 aliphatic carbocycles. The number of oxazole rings is 1. The molecular formula is C19H23N3O3. The number of hydrogen-bond donors (Lipinski definition) is 0. The molecule has 1 aromatic carbocycles. The van der Waals surface area contributed by atoms with Gasteiger partial charge in [-0.15, -0.1) is 0 Å². The van der Waals surface area contributed by atoms with Crippen molar-refractivity contribution in [3.05, 3.63) is 42.3 Å². The van der Waals surface area contributed by atoms with Gasteiger partial charge in [0.05, 0.1) is 5.69 Å². The molecule has 2 saturated heterocycles. The number of nitrogens with zero attached hydrogens (tertiary/aromatic N) is 3. The van der Waals surface area contributed by atoms with E-state index >= 15 is 0 Å². The van der Waals surface area contributed by atoms with E-state index in [4.69, 9.17) is 9.15 Å². The zero-order chi connectivity index (χ0) is 17.1. The highest BCUT2D eigenvalue weighted by Crippen LogP contribution is 2.20. The molecule has 1 amide bonds. The van der Waals surface area contributed by atoms with Crippen molar-refractivity contribution in [3.8, 4) is 11.5 Å². The van der Waals surface area contributed by atoms with Crippen molar-refractivity contribution in [2.45, 2.75) is 25.5 Å². The summed E-state index contributed by atoms with van der Waals surface area (Å²) in [5, 5.41) is 0. The van der Waals surface area contributed by atoms with E-state index in [2.05, 4.69) is 9.88 Å². The van der Waals surface area contributed by atoms with Crippen LogP contribution in [0.15, 0.2) is 41.0 Å². The number of piperazine rings is 1. The zero-order valence-electron chi connectivity index (χ0n) is 14.3. The van der Waals surface area contributed by atoms with E-state index in [9.17, 15) is 4.79 Å². The summed E-state index contributed by atoms with van der Waals surface area (Å²) in [4.78, 5) is 21.2. The van der Waals surface area contributed by atoms with Crippen LogP contribution in [0.25, 0.3) is 11.5 Å². The van der Waals surface area contributed by atoms with Crippen LogP contribution in [0.1, 0.15) is 18.5 Å². The van der Waals surface area contributed by atoms with Crippen LogP contribution in [0.2, 0.25) is 0 Å². The molecule has 132 valence electrons. The predicted molar refractivity (Wildman–Crippen MR) is 92.8 cm³/mol. The molecule has 2 aliphatic heterocycles. The lowest BCUT2D eigenvalue weighted by atomic mass is 10.2. The van der Waals surface area contributed by atoms with Crippen LogP contribution < -0.4 is 0 Å². The Kier molecular flexibility index (Phi) is 4.81. The average Bonchev–Trinajstić information content (AvgIpc) is 3.35. The molecule has 1 unspecified atom stereocenters. The summed E-state index contributed by atoms with van der Waals surface area (Å²) in [6.07, 6.45) is 3.37. The lowest BCUT2D eigenvalue weighted by Gasteiger charge is -2.35. The van der Waals surface area contributed by atoms with Gasteiger partial charge in [0, 0.05) is 44.9 Å². The smallest absolute Gasteiger partial charge is 0.251 e. The Morgan fingerprint density at radius 3 is 2.68 bits per heavy atom. The molecule has 25 heavy (non-hydrogen) atoms. The molecule has 1 atom stereocenters. The molecule has 3 heterocycles. The van der Waals surface area contributed by atoms with Crippen molar-refractivity contribution in [3.63, 3.8) is 0 Å². The molecule has 4 rings (SSSR count). The first kappa shape index (κ1) is 16.3. The van der Waals surface area contributed by atoms with Crippen LogP contribution in [-0.4, -0.2) is 59.6 Å². The summed E-state index contributed by atoms with van der Waals surface area (Å²) in [5.74, 6) is 0.813. The second-order valence-electron chi connectivity index (χ2n) is 6.61. The van der Waals surface area contributed by atoms with E-state index in [1.165, 1.54) is 0 Å². The Hall–Kier alpha value is -2.18. The molecule has 2 aliphatic rings. The third-order valence-corrected chi connectivity index (χ3v) is 4.85. The van der Waals surface area contributed by atoms with Crippen LogP contribution in [0, 0.1) is 0 Å². The zero-order valence-corrected chi connectivity index (χ0v) is 14.3. The highest BCUT2D eigenvalue weighted by molar-refractivity contribution is 5.81. The third-order valence-electron chi connectivity index (χ3n) is 4.85. The Morgan fingerprint density at radius 2 is 1.96 bits per heavy atom. The summed E-state index contributed by atoms with van der Waals surface area (Å²) in [7, 11) is 0. The third kappa shape index (κ3) is 3.75. The van der Waals surface area contributed by atoms with Gasteiger partial charge in [-0.2, -0.15) is 0 Å². The Balaban J connectivity index is 1.30. The Bertz CT molecular complexity index is 702. The van der Waals surface area contributed by atoms with Gasteiger partial charge in [-0.05, 0) is 25.0 Å². The summed E-state index contributed by atoms with van der Waals surface area (Å²) in [6, 6.07) is 9.91. The number of carbonyl (C=O) groups is 1. The van der Waals surface area contributed by atoms with Gasteiger partial charge < -0.3 is 14.1 Å². The minimum Gasteiger partial charge on any atom is -0.444 e. The van der Waals surface area contributed by atoms with Crippen molar-refractivity contribution in [1.82, 2.24) is 14.8 Å². The SMILES string of the molecule is O=C(C1CCCO1)N1CCN(Cc2coc(-c3ccccc3)n2)CC1. The predicted octanol–water partition coefficient (Wildman–Crippen LogP) is 2.16. The first-order valence-corrected chi connectivity index (χ1v) is 8.92. The lowest BCUT2D eigenvalue weighted by molar-refractivity contribution is -0.142. The molecule has 6 nitrogen and oxygen atoms in total. The monoisotopic (exact) mass is 341 g/mol. The molecule has 0 spiro atoms. The van der Waals surface area contributed by atoms with Gasteiger partial charge in [-0.25, -0.2) is 4.98 Å². The molecule has 0 radical (unpaired) electrons. The van der Waals surface area contributed by atoms with Gasteiger partial charge in [-0.3, -0.25) is 9.69 Å². The van der Waals surface area contributed by atoms with Gasteiger partial charge in [0.15, 0.2) is 0 Å². The van der Waals surface area contributed by atoms with E-state index < -0.39 is 0 Å². The molecule has 2 aromatic rings. The summed E-state index contributed by atoms with van der Waals surface area (Å²) in [5.41, 5.74) is 1.92. The summed E-state index contributed by atoms with van der Waals surface area (Å²) < 4.78 is 11.1. The molecule has 0 saturated carbocycles. The number of rotatable bonds is 4. The van der Waals surface area contributed by atoms with E-state index in [1.807, 2.05) is 35.2 Å². The minimum atomic E-state index is -0.212. The van der Waals surface area contributed by atoms with Gasteiger partial charge >= 0.3 is 0 Å². The normalized spacial score (nSPS) is 21.6. The molecule has 1 aromatic heterocycles. The number of carbonyl (C=O) groups excluding carboxylic acids is 1. The van der Waals surface area contributed by atoms with Crippen molar-refractivity contribution in [1.29, 1.82) is 0 Å². The number of ether oxygens (including phenoxy) is 1. The maximum Gasteiger partial charge on any atom is 0.251 e. The molecule has 0 bridgehead atoms. The first-order valence-electron chi connectivity index (χ1n) is 8.92. The largest absolute Gasteiger partial charge is 0.444 e. The van der Waals surface area contributed by atoms with Gasteiger partial charge in [-0.1, -0.05) is 18.2 Å². The maximum absolute atomic E-state index is 12.4. The van der Waals surface area contributed by atoms with Crippen LogP contribution in [0.5, 0.6) is 0 Å². The van der Waals surface area contributed by atoms with E-state index in [0.29, 0.717) is 12.5 Å². The van der Waals surface area contributed by atoms with Crippen molar-refractivity contribution in [2.75, 3.05) is 32.8 Å². The van der Waals surface area contributed by atoms with Gasteiger partial charge in [0.25, 0.3) is 5.91 Å². The number of aromatic nitrogens is 1. The van der Waals surface area contributed by atoms with Crippen LogP contribution >= 0.6 is 0 Å². The topological polar surface area (TPSA) is 58.8 Å². The lowest BCUT2D eigenvalue weighted by Crippen LogP contribution is -2.51. The highest BCUT2D eigenvalue weighted by Gasteiger charge is 2.30.